The number of rotatable bonds is 6. The van der Waals surface area contributed by atoms with Crippen LogP contribution in [0.4, 0.5) is 0 Å². The molecule has 1 heterocycles. The molecular formula is C11H23N3O2. The lowest BCUT2D eigenvalue weighted by Crippen LogP contribution is -2.56. The van der Waals surface area contributed by atoms with E-state index in [9.17, 15) is 4.79 Å². The fraction of sp³-hybridized carbons (Fsp3) is 0.909. The van der Waals surface area contributed by atoms with Crippen molar-refractivity contribution in [2.45, 2.75) is 32.4 Å². The Morgan fingerprint density at radius 1 is 1.44 bits per heavy atom. The molecule has 1 aliphatic rings. The maximum absolute atomic E-state index is 11.8. The lowest BCUT2D eigenvalue weighted by atomic mass is 10.1. The smallest absolute Gasteiger partial charge is 0.239 e. The van der Waals surface area contributed by atoms with Crippen LogP contribution in [-0.4, -0.2) is 50.8 Å². The van der Waals surface area contributed by atoms with Crippen molar-refractivity contribution in [3.8, 4) is 0 Å². The molecule has 1 aliphatic heterocycles. The monoisotopic (exact) mass is 229 g/mol. The average molecular weight is 229 g/mol. The van der Waals surface area contributed by atoms with Crippen LogP contribution in [0.3, 0.4) is 0 Å². The van der Waals surface area contributed by atoms with E-state index in [-0.39, 0.29) is 18.1 Å². The minimum Gasteiger partial charge on any atom is -0.375 e. The van der Waals surface area contributed by atoms with Crippen LogP contribution < -0.4 is 16.0 Å². The van der Waals surface area contributed by atoms with E-state index < -0.39 is 0 Å². The highest BCUT2D eigenvalue weighted by atomic mass is 16.5. The van der Waals surface area contributed by atoms with Crippen LogP contribution in [-0.2, 0) is 9.53 Å². The van der Waals surface area contributed by atoms with E-state index in [2.05, 4.69) is 22.9 Å². The van der Waals surface area contributed by atoms with Gasteiger partial charge in [-0.1, -0.05) is 6.92 Å². The fourth-order valence-corrected chi connectivity index (χ4v) is 1.71. The van der Waals surface area contributed by atoms with Gasteiger partial charge in [-0.3, -0.25) is 4.79 Å². The van der Waals surface area contributed by atoms with Crippen LogP contribution in [0, 0.1) is 0 Å². The molecule has 1 fully saturated rings. The maximum Gasteiger partial charge on any atom is 0.239 e. The number of ether oxygens (including phenoxy) is 1. The van der Waals surface area contributed by atoms with Gasteiger partial charge in [-0.2, -0.15) is 0 Å². The molecule has 0 unspecified atom stereocenters. The molecule has 1 amide bonds. The van der Waals surface area contributed by atoms with E-state index in [1.165, 1.54) is 0 Å². The molecule has 0 radical (unpaired) electrons. The summed E-state index contributed by atoms with van der Waals surface area (Å²) in [6.45, 7) is 7.96. The van der Waals surface area contributed by atoms with Crippen LogP contribution in [0.5, 0.6) is 0 Å². The van der Waals surface area contributed by atoms with E-state index in [4.69, 9.17) is 4.74 Å². The maximum atomic E-state index is 11.8. The first-order valence-electron chi connectivity index (χ1n) is 6.09. The van der Waals surface area contributed by atoms with Gasteiger partial charge in [0.1, 0.15) is 6.04 Å². The van der Waals surface area contributed by atoms with Crippen LogP contribution in [0.1, 0.15) is 20.3 Å². The van der Waals surface area contributed by atoms with Gasteiger partial charge in [-0.15, -0.1) is 0 Å². The summed E-state index contributed by atoms with van der Waals surface area (Å²) in [6.07, 6.45) is 1.07. The van der Waals surface area contributed by atoms with Crippen molar-refractivity contribution in [3.63, 3.8) is 0 Å². The van der Waals surface area contributed by atoms with Crippen LogP contribution in [0.2, 0.25) is 0 Å². The first-order valence-corrected chi connectivity index (χ1v) is 6.09. The zero-order valence-corrected chi connectivity index (χ0v) is 10.2. The summed E-state index contributed by atoms with van der Waals surface area (Å²) in [5.74, 6) is 0.0329. The quantitative estimate of drug-likeness (QED) is 0.536. The Bertz CT molecular complexity index is 211. The minimum atomic E-state index is -0.208. The highest BCUT2D eigenvalue weighted by molar-refractivity contribution is 5.82. The second kappa shape index (κ2) is 7.60. The summed E-state index contributed by atoms with van der Waals surface area (Å²) >= 11 is 0. The second-order valence-corrected chi connectivity index (χ2v) is 4.05. The van der Waals surface area contributed by atoms with Crippen molar-refractivity contribution < 1.29 is 9.53 Å². The number of nitrogens with one attached hydrogen (secondary N) is 3. The normalized spacial score (nSPS) is 25.4. The van der Waals surface area contributed by atoms with Crippen LogP contribution >= 0.6 is 0 Å². The number of morpholine rings is 1. The molecular weight excluding hydrogens is 206 g/mol. The predicted molar refractivity (Wildman–Crippen MR) is 63.4 cm³/mol. The minimum absolute atomic E-state index is 0.0329. The van der Waals surface area contributed by atoms with Crippen molar-refractivity contribution >= 4 is 5.91 Å². The van der Waals surface area contributed by atoms with Gasteiger partial charge in [0.2, 0.25) is 5.91 Å². The number of amides is 1. The standard InChI is InChI=1S/C11H23N3O2/c1-3-4-12-5-6-14-11(15)10-9(2)16-8-7-13-10/h9-10,12-13H,3-8H2,1-2H3,(H,14,15)/t9-,10+/m1/s1. The second-order valence-electron chi connectivity index (χ2n) is 4.05. The van der Waals surface area contributed by atoms with E-state index in [1.807, 2.05) is 6.92 Å². The zero-order chi connectivity index (χ0) is 11.8. The van der Waals surface area contributed by atoms with E-state index >= 15 is 0 Å². The Morgan fingerprint density at radius 3 is 2.94 bits per heavy atom. The summed E-state index contributed by atoms with van der Waals surface area (Å²) < 4.78 is 5.42. The van der Waals surface area contributed by atoms with Gasteiger partial charge >= 0.3 is 0 Å². The van der Waals surface area contributed by atoms with Crippen LogP contribution in [0.25, 0.3) is 0 Å². The van der Waals surface area contributed by atoms with E-state index in [0.717, 1.165) is 26.1 Å². The predicted octanol–water partition coefficient (Wildman–Crippen LogP) is -0.521. The molecule has 0 aromatic rings. The number of hydrogen-bond donors (Lipinski definition) is 3. The van der Waals surface area contributed by atoms with Gasteiger partial charge in [-0.25, -0.2) is 0 Å². The van der Waals surface area contributed by atoms with Gasteiger partial charge < -0.3 is 20.7 Å². The van der Waals surface area contributed by atoms with Gasteiger partial charge in [0.05, 0.1) is 12.7 Å². The first kappa shape index (κ1) is 13.4. The fourth-order valence-electron chi connectivity index (χ4n) is 1.71. The molecule has 5 nitrogen and oxygen atoms in total. The summed E-state index contributed by atoms with van der Waals surface area (Å²) in [4.78, 5) is 11.8. The summed E-state index contributed by atoms with van der Waals surface area (Å²) in [5, 5.41) is 9.30. The molecule has 0 aromatic carbocycles. The molecule has 5 heteroatoms. The molecule has 0 saturated carbocycles. The summed E-state index contributed by atoms with van der Waals surface area (Å²) in [5.41, 5.74) is 0. The molecule has 2 atom stereocenters. The Hall–Kier alpha value is -0.650. The average Bonchev–Trinajstić information content (AvgIpc) is 2.29. The number of hydrogen-bond acceptors (Lipinski definition) is 4. The molecule has 1 saturated heterocycles. The topological polar surface area (TPSA) is 62.4 Å². The van der Waals surface area contributed by atoms with Gasteiger partial charge in [-0.05, 0) is 19.9 Å². The summed E-state index contributed by atoms with van der Waals surface area (Å²) in [6, 6.07) is -0.208. The van der Waals surface area contributed by atoms with Crippen molar-refractivity contribution in [2.24, 2.45) is 0 Å². The Morgan fingerprint density at radius 2 is 2.25 bits per heavy atom. The van der Waals surface area contributed by atoms with Crippen molar-refractivity contribution in [1.82, 2.24) is 16.0 Å². The van der Waals surface area contributed by atoms with Gasteiger partial charge in [0, 0.05) is 19.6 Å². The first-order chi connectivity index (χ1) is 7.75. The largest absolute Gasteiger partial charge is 0.375 e. The Labute approximate surface area is 97.3 Å². The molecule has 94 valence electrons. The molecule has 0 aromatic heterocycles. The van der Waals surface area contributed by atoms with E-state index in [1.54, 1.807) is 0 Å². The number of carbonyl (C=O) groups excluding carboxylic acids is 1. The lowest BCUT2D eigenvalue weighted by Gasteiger charge is -2.29. The molecule has 16 heavy (non-hydrogen) atoms. The van der Waals surface area contributed by atoms with Gasteiger partial charge in [0.15, 0.2) is 0 Å². The van der Waals surface area contributed by atoms with Crippen molar-refractivity contribution in [2.75, 3.05) is 32.8 Å². The molecule has 0 bridgehead atoms. The van der Waals surface area contributed by atoms with Gasteiger partial charge in [0.25, 0.3) is 0 Å². The highest BCUT2D eigenvalue weighted by Crippen LogP contribution is 2.03. The van der Waals surface area contributed by atoms with E-state index in [0.29, 0.717) is 13.2 Å². The third-order valence-corrected chi connectivity index (χ3v) is 2.63. The SMILES string of the molecule is CCCNCCNC(=O)[C@H]1NCCO[C@@H]1C. The van der Waals surface area contributed by atoms with Crippen molar-refractivity contribution in [1.29, 1.82) is 0 Å². The highest BCUT2D eigenvalue weighted by Gasteiger charge is 2.27. The third-order valence-electron chi connectivity index (χ3n) is 2.63. The number of carbonyl (C=O) groups is 1. The third kappa shape index (κ3) is 4.47. The molecule has 3 N–H and O–H groups in total. The zero-order valence-electron chi connectivity index (χ0n) is 10.2. The summed E-state index contributed by atoms with van der Waals surface area (Å²) in [7, 11) is 0. The Kier molecular flexibility index (Phi) is 6.37. The lowest BCUT2D eigenvalue weighted by molar-refractivity contribution is -0.128. The van der Waals surface area contributed by atoms with Crippen LogP contribution in [0.15, 0.2) is 0 Å². The molecule has 0 spiro atoms. The van der Waals surface area contributed by atoms with Crippen molar-refractivity contribution in [3.05, 3.63) is 0 Å². The molecule has 1 rings (SSSR count). The molecule has 0 aliphatic carbocycles. The Balaban J connectivity index is 2.13.